The Bertz CT molecular complexity index is 499. The van der Waals surface area contributed by atoms with Crippen molar-refractivity contribution in [2.24, 2.45) is 0 Å². The fourth-order valence-electron chi connectivity index (χ4n) is 1.81. The Labute approximate surface area is 94.5 Å². The highest BCUT2D eigenvalue weighted by Gasteiger charge is 2.14. The van der Waals surface area contributed by atoms with Crippen LogP contribution in [0, 0.1) is 0 Å². The van der Waals surface area contributed by atoms with E-state index >= 15 is 0 Å². The molecule has 2 aromatic heterocycles. The van der Waals surface area contributed by atoms with Crippen LogP contribution in [0.5, 0.6) is 0 Å². The van der Waals surface area contributed by atoms with Crippen LogP contribution in [0.2, 0.25) is 0 Å². The predicted molar refractivity (Wildman–Crippen MR) is 64.0 cm³/mol. The number of nitrogen functional groups attached to an aromatic ring is 1. The number of hydrogen-bond donors (Lipinski definition) is 1. The molecule has 2 aromatic rings. The normalized spacial score (nSPS) is 12.9. The molecule has 0 bridgehead atoms. The van der Waals surface area contributed by atoms with Crippen molar-refractivity contribution in [3.8, 4) is 0 Å². The van der Waals surface area contributed by atoms with Crippen molar-refractivity contribution in [2.75, 3.05) is 12.3 Å². The van der Waals surface area contributed by atoms with Crippen molar-refractivity contribution in [2.45, 2.75) is 20.0 Å². The van der Waals surface area contributed by atoms with Gasteiger partial charge in [-0.2, -0.15) is 0 Å². The predicted octanol–water partition coefficient (Wildman–Crippen LogP) is 2.31. The lowest BCUT2D eigenvalue weighted by Gasteiger charge is -2.15. The average Bonchev–Trinajstić information content (AvgIpc) is 2.29. The second-order valence-corrected chi connectivity index (χ2v) is 3.60. The molecule has 0 aliphatic heterocycles. The number of rotatable bonds is 3. The highest BCUT2D eigenvalue weighted by Crippen LogP contribution is 2.28. The van der Waals surface area contributed by atoms with Crippen molar-refractivity contribution in [1.29, 1.82) is 0 Å². The highest BCUT2D eigenvalue weighted by atomic mass is 16.5. The second-order valence-electron chi connectivity index (χ2n) is 3.60. The van der Waals surface area contributed by atoms with Gasteiger partial charge in [-0.05, 0) is 26.0 Å². The molecule has 0 radical (unpaired) electrons. The van der Waals surface area contributed by atoms with Crippen LogP contribution in [0.15, 0.2) is 24.5 Å². The fraction of sp³-hybridized carbons (Fsp3) is 0.333. The molecule has 2 rings (SSSR count). The van der Waals surface area contributed by atoms with E-state index in [1.165, 1.54) is 0 Å². The van der Waals surface area contributed by atoms with Gasteiger partial charge in [-0.1, -0.05) is 0 Å². The van der Waals surface area contributed by atoms with E-state index in [9.17, 15) is 0 Å². The third-order valence-corrected chi connectivity index (χ3v) is 2.52. The van der Waals surface area contributed by atoms with Gasteiger partial charge in [0, 0.05) is 18.4 Å². The van der Waals surface area contributed by atoms with Gasteiger partial charge in [0.2, 0.25) is 0 Å². The molecular formula is C12H15N3O. The monoisotopic (exact) mass is 217 g/mol. The maximum Gasteiger partial charge on any atom is 0.0965 e. The molecule has 1 atom stereocenters. The largest absolute Gasteiger partial charge is 0.397 e. The van der Waals surface area contributed by atoms with Gasteiger partial charge >= 0.3 is 0 Å². The summed E-state index contributed by atoms with van der Waals surface area (Å²) in [5.41, 5.74) is 9.16. The SMILES string of the molecule is CCOC(C)c1c(N)cnc2cccnc12. The molecule has 0 saturated heterocycles. The lowest BCUT2D eigenvalue weighted by Crippen LogP contribution is -2.06. The standard InChI is InChI=1S/C12H15N3O/c1-3-16-8(2)11-9(13)7-15-10-5-4-6-14-12(10)11/h4-8H,3,13H2,1-2H3. The molecule has 0 aliphatic carbocycles. The van der Waals surface area contributed by atoms with E-state index in [0.29, 0.717) is 12.3 Å². The number of ether oxygens (including phenoxy) is 1. The Morgan fingerprint density at radius 1 is 1.44 bits per heavy atom. The zero-order valence-corrected chi connectivity index (χ0v) is 9.47. The Kier molecular flexibility index (Phi) is 3.01. The Hall–Kier alpha value is -1.68. The summed E-state index contributed by atoms with van der Waals surface area (Å²) in [6.07, 6.45) is 3.34. The molecule has 0 spiro atoms. The molecule has 1 unspecified atom stereocenters. The average molecular weight is 217 g/mol. The van der Waals surface area contributed by atoms with Crippen LogP contribution in [0.25, 0.3) is 11.0 Å². The molecule has 2 N–H and O–H groups in total. The van der Waals surface area contributed by atoms with Crippen LogP contribution in [0.4, 0.5) is 5.69 Å². The van der Waals surface area contributed by atoms with Crippen molar-refractivity contribution < 1.29 is 4.74 Å². The minimum absolute atomic E-state index is 0.0644. The van der Waals surface area contributed by atoms with Crippen molar-refractivity contribution in [3.63, 3.8) is 0 Å². The van der Waals surface area contributed by atoms with E-state index in [1.807, 2.05) is 26.0 Å². The smallest absolute Gasteiger partial charge is 0.0965 e. The number of nitrogens with two attached hydrogens (primary N) is 1. The van der Waals surface area contributed by atoms with Crippen LogP contribution in [0.3, 0.4) is 0 Å². The lowest BCUT2D eigenvalue weighted by molar-refractivity contribution is 0.0777. The maximum absolute atomic E-state index is 5.94. The van der Waals surface area contributed by atoms with Crippen LogP contribution < -0.4 is 5.73 Å². The van der Waals surface area contributed by atoms with E-state index < -0.39 is 0 Å². The number of pyridine rings is 2. The first kappa shape index (κ1) is 10.8. The summed E-state index contributed by atoms with van der Waals surface area (Å²) in [7, 11) is 0. The Morgan fingerprint density at radius 2 is 2.25 bits per heavy atom. The summed E-state index contributed by atoms with van der Waals surface area (Å²) in [5.74, 6) is 0. The molecule has 0 fully saturated rings. The van der Waals surface area contributed by atoms with Crippen LogP contribution >= 0.6 is 0 Å². The fourth-order valence-corrected chi connectivity index (χ4v) is 1.81. The first-order chi connectivity index (χ1) is 7.74. The third-order valence-electron chi connectivity index (χ3n) is 2.52. The van der Waals surface area contributed by atoms with Crippen LogP contribution in [0.1, 0.15) is 25.5 Å². The minimum atomic E-state index is -0.0644. The quantitative estimate of drug-likeness (QED) is 0.857. The van der Waals surface area contributed by atoms with Gasteiger partial charge in [0.25, 0.3) is 0 Å². The summed E-state index contributed by atoms with van der Waals surface area (Å²) < 4.78 is 5.57. The number of aromatic nitrogens is 2. The topological polar surface area (TPSA) is 61.0 Å². The molecule has 16 heavy (non-hydrogen) atoms. The van der Waals surface area contributed by atoms with Crippen LogP contribution in [-0.4, -0.2) is 16.6 Å². The first-order valence-corrected chi connectivity index (χ1v) is 5.34. The van der Waals surface area contributed by atoms with Gasteiger partial charge in [-0.25, -0.2) is 0 Å². The van der Waals surface area contributed by atoms with E-state index in [1.54, 1.807) is 12.4 Å². The second kappa shape index (κ2) is 4.45. The zero-order valence-electron chi connectivity index (χ0n) is 9.47. The summed E-state index contributed by atoms with van der Waals surface area (Å²) in [6.45, 7) is 4.59. The van der Waals surface area contributed by atoms with Gasteiger partial charge in [-0.3, -0.25) is 9.97 Å². The molecule has 84 valence electrons. The first-order valence-electron chi connectivity index (χ1n) is 5.34. The number of anilines is 1. The van der Waals surface area contributed by atoms with Gasteiger partial charge < -0.3 is 10.5 Å². The third kappa shape index (κ3) is 1.84. The molecular weight excluding hydrogens is 202 g/mol. The van der Waals surface area contributed by atoms with E-state index in [4.69, 9.17) is 10.5 Å². The lowest BCUT2D eigenvalue weighted by atomic mass is 10.1. The van der Waals surface area contributed by atoms with Crippen LogP contribution in [-0.2, 0) is 4.74 Å². The Balaban J connectivity index is 2.61. The Morgan fingerprint density at radius 3 is 3.00 bits per heavy atom. The molecule has 4 nitrogen and oxygen atoms in total. The molecule has 0 amide bonds. The van der Waals surface area contributed by atoms with Crippen molar-refractivity contribution >= 4 is 16.7 Å². The number of nitrogens with zero attached hydrogens (tertiary/aromatic N) is 2. The minimum Gasteiger partial charge on any atom is -0.397 e. The van der Waals surface area contributed by atoms with Gasteiger partial charge in [0.15, 0.2) is 0 Å². The zero-order chi connectivity index (χ0) is 11.5. The number of hydrogen-bond acceptors (Lipinski definition) is 4. The van der Waals surface area contributed by atoms with Crippen molar-refractivity contribution in [3.05, 3.63) is 30.1 Å². The van der Waals surface area contributed by atoms with Gasteiger partial charge in [0.05, 0.1) is 29.0 Å². The van der Waals surface area contributed by atoms with Gasteiger partial charge in [0.1, 0.15) is 0 Å². The molecule has 0 aromatic carbocycles. The summed E-state index contributed by atoms with van der Waals surface area (Å²) >= 11 is 0. The van der Waals surface area contributed by atoms with E-state index in [2.05, 4.69) is 9.97 Å². The maximum atomic E-state index is 5.94. The molecule has 4 heteroatoms. The molecule has 0 aliphatic rings. The van der Waals surface area contributed by atoms with E-state index in [0.717, 1.165) is 16.6 Å². The molecule has 2 heterocycles. The van der Waals surface area contributed by atoms with E-state index in [-0.39, 0.29) is 6.10 Å². The van der Waals surface area contributed by atoms with Crippen molar-refractivity contribution in [1.82, 2.24) is 9.97 Å². The summed E-state index contributed by atoms with van der Waals surface area (Å²) in [5, 5.41) is 0. The molecule has 0 saturated carbocycles. The van der Waals surface area contributed by atoms with Gasteiger partial charge in [-0.15, -0.1) is 0 Å². The number of fused-ring (bicyclic) bond motifs is 1. The highest BCUT2D eigenvalue weighted by molar-refractivity contribution is 5.82. The summed E-state index contributed by atoms with van der Waals surface area (Å²) in [6, 6.07) is 3.78. The summed E-state index contributed by atoms with van der Waals surface area (Å²) in [4.78, 5) is 8.56.